The Hall–Kier alpha value is -2.04. The van der Waals surface area contributed by atoms with Crippen LogP contribution in [0.1, 0.15) is 32.3 Å². The number of ether oxygens (including phenoxy) is 1. The van der Waals surface area contributed by atoms with Crippen LogP contribution < -0.4 is 5.32 Å². The topological polar surface area (TPSA) is 75.6 Å². The summed E-state index contributed by atoms with van der Waals surface area (Å²) >= 11 is 0. The summed E-state index contributed by atoms with van der Waals surface area (Å²) in [7, 11) is 0. The minimum Gasteiger partial charge on any atom is -0.481 e. The van der Waals surface area contributed by atoms with Gasteiger partial charge in [0, 0.05) is 12.1 Å². The first-order valence-corrected chi connectivity index (χ1v) is 6.25. The van der Waals surface area contributed by atoms with Gasteiger partial charge in [-0.15, -0.1) is 0 Å². The lowest BCUT2D eigenvalue weighted by Crippen LogP contribution is -2.09. The van der Waals surface area contributed by atoms with Crippen molar-refractivity contribution in [2.24, 2.45) is 5.92 Å². The number of carbonyl (C=O) groups is 2. The van der Waals surface area contributed by atoms with Gasteiger partial charge in [-0.3, -0.25) is 10.1 Å². The van der Waals surface area contributed by atoms with E-state index < -0.39 is 5.97 Å². The van der Waals surface area contributed by atoms with Crippen molar-refractivity contribution in [3.63, 3.8) is 0 Å². The minimum atomic E-state index is -0.695. The van der Waals surface area contributed by atoms with Gasteiger partial charge in [-0.1, -0.05) is 32.4 Å². The first kappa shape index (κ1) is 15.0. The number of aliphatic carboxylic acids is 1. The first-order valence-electron chi connectivity index (χ1n) is 6.25. The molecule has 5 nitrogen and oxygen atoms in total. The number of carboxylic acid groups (broad SMARTS) is 1. The van der Waals surface area contributed by atoms with Crippen molar-refractivity contribution in [3.05, 3.63) is 29.8 Å². The van der Waals surface area contributed by atoms with Gasteiger partial charge >= 0.3 is 12.1 Å². The highest BCUT2D eigenvalue weighted by Gasteiger charge is 2.08. The normalized spacial score (nSPS) is 14.1. The molecule has 1 atom stereocenters. The van der Waals surface area contributed by atoms with Gasteiger partial charge in [0.1, 0.15) is 6.61 Å². The van der Waals surface area contributed by atoms with Crippen molar-refractivity contribution in [2.75, 3.05) is 5.32 Å². The summed E-state index contributed by atoms with van der Waals surface area (Å²) in [4.78, 5) is 20.8. The molecule has 1 unspecified atom stereocenters. The summed E-state index contributed by atoms with van der Waals surface area (Å²) in [5.74, 6) is -0.369. The van der Waals surface area contributed by atoms with Crippen molar-refractivity contribution >= 4 is 17.7 Å². The summed E-state index contributed by atoms with van der Waals surface area (Å²) in [6.07, 6.45) is 0.870. The van der Waals surface area contributed by atoms with Crippen LogP contribution in [0.25, 0.3) is 0 Å². The zero-order chi connectivity index (χ0) is 14.3. The third-order valence-corrected chi connectivity index (χ3v) is 2.76. The molecule has 1 amide bonds. The van der Waals surface area contributed by atoms with E-state index in [0.717, 1.165) is 17.7 Å². The van der Waals surface area contributed by atoms with Gasteiger partial charge < -0.3 is 9.84 Å². The van der Waals surface area contributed by atoms with Crippen LogP contribution in [0.15, 0.2) is 24.3 Å². The van der Waals surface area contributed by atoms with Gasteiger partial charge in [0.25, 0.3) is 0 Å². The maximum absolute atomic E-state index is 10.8. The summed E-state index contributed by atoms with van der Waals surface area (Å²) in [6, 6.07) is 7.53. The zero-order valence-electron chi connectivity index (χ0n) is 11.2. The number of benzene rings is 1. The molecule has 1 aromatic carbocycles. The van der Waals surface area contributed by atoms with Crippen LogP contribution in [0.3, 0.4) is 0 Å². The predicted octanol–water partition coefficient (Wildman–Crippen LogP) is 3.26. The number of fused-ring (bicyclic) bond motifs is 2. The van der Waals surface area contributed by atoms with Crippen LogP contribution in [0.4, 0.5) is 10.5 Å². The number of hydrogen-bond acceptors (Lipinski definition) is 3. The fraction of sp³-hybridized carbons (Fsp3) is 0.429. The van der Waals surface area contributed by atoms with E-state index in [-0.39, 0.29) is 6.09 Å². The van der Waals surface area contributed by atoms with Crippen molar-refractivity contribution in [1.82, 2.24) is 0 Å². The Balaban J connectivity index is 0.000000203. The van der Waals surface area contributed by atoms with E-state index in [1.165, 1.54) is 0 Å². The predicted molar refractivity (Wildman–Crippen MR) is 72.0 cm³/mol. The highest BCUT2D eigenvalue weighted by molar-refractivity contribution is 5.85. The molecule has 0 radical (unpaired) electrons. The van der Waals surface area contributed by atoms with Crippen LogP contribution in [0.2, 0.25) is 0 Å². The number of rotatable bonds is 3. The number of carboxylic acids is 1. The molecule has 0 saturated heterocycles. The Morgan fingerprint density at radius 2 is 2.26 bits per heavy atom. The summed E-state index contributed by atoms with van der Waals surface area (Å²) < 4.78 is 4.81. The average Bonchev–Trinajstić information content (AvgIpc) is 2.48. The lowest BCUT2D eigenvalue weighted by Gasteiger charge is -2.00. The molecule has 0 fully saturated rings. The highest BCUT2D eigenvalue weighted by atomic mass is 16.5. The third-order valence-electron chi connectivity index (χ3n) is 2.76. The standard InChI is InChI=1S/C8H7NO2.C6H12O2/c10-8-9-7-3-1-2-6(4-7)5-11-8;1-3-5(2)4-6(7)8/h1-4H,5H2,(H,9,10);5H,3-4H2,1-2H3,(H,7,8). The number of carbonyl (C=O) groups excluding carboxylic acids is 1. The number of anilines is 1. The van der Waals surface area contributed by atoms with E-state index in [2.05, 4.69) is 5.32 Å². The second-order valence-electron chi connectivity index (χ2n) is 4.51. The smallest absolute Gasteiger partial charge is 0.411 e. The van der Waals surface area contributed by atoms with Crippen LogP contribution in [0.5, 0.6) is 0 Å². The van der Waals surface area contributed by atoms with Crippen LogP contribution >= 0.6 is 0 Å². The molecule has 1 heterocycles. The van der Waals surface area contributed by atoms with Gasteiger partial charge in [0.15, 0.2) is 0 Å². The Labute approximate surface area is 112 Å². The maximum atomic E-state index is 10.8. The van der Waals surface area contributed by atoms with E-state index in [1.54, 1.807) is 0 Å². The number of amides is 1. The molecular formula is C14H19NO4. The fourth-order valence-electron chi connectivity index (χ4n) is 1.48. The molecule has 2 bridgehead atoms. The van der Waals surface area contributed by atoms with Gasteiger partial charge in [0.05, 0.1) is 0 Å². The minimum absolute atomic E-state index is 0.302. The maximum Gasteiger partial charge on any atom is 0.411 e. The second-order valence-corrected chi connectivity index (χ2v) is 4.51. The van der Waals surface area contributed by atoms with E-state index in [4.69, 9.17) is 9.84 Å². The SMILES string of the molecule is CCC(C)CC(=O)O.O=C1Nc2cccc(c2)CO1. The Kier molecular flexibility index (Phi) is 5.85. The van der Waals surface area contributed by atoms with Crippen molar-refractivity contribution in [3.8, 4) is 0 Å². The molecule has 5 heteroatoms. The molecule has 0 spiro atoms. The van der Waals surface area contributed by atoms with Crippen LogP contribution in [-0.4, -0.2) is 17.2 Å². The molecular weight excluding hydrogens is 246 g/mol. The van der Waals surface area contributed by atoms with Gasteiger partial charge in [-0.2, -0.15) is 0 Å². The van der Waals surface area contributed by atoms with E-state index in [1.807, 2.05) is 38.1 Å². The monoisotopic (exact) mass is 265 g/mol. The van der Waals surface area contributed by atoms with E-state index >= 15 is 0 Å². The molecule has 0 aromatic heterocycles. The summed E-state index contributed by atoms with van der Waals surface area (Å²) in [5.41, 5.74) is 1.81. The Morgan fingerprint density at radius 1 is 1.53 bits per heavy atom. The quantitative estimate of drug-likeness (QED) is 0.879. The van der Waals surface area contributed by atoms with Gasteiger partial charge in [-0.25, -0.2) is 4.79 Å². The van der Waals surface area contributed by atoms with Gasteiger partial charge in [0.2, 0.25) is 0 Å². The van der Waals surface area contributed by atoms with Crippen LogP contribution in [-0.2, 0) is 16.1 Å². The van der Waals surface area contributed by atoms with Crippen molar-refractivity contribution in [1.29, 1.82) is 0 Å². The molecule has 1 aromatic rings. The molecule has 1 aliphatic rings. The molecule has 1 aliphatic heterocycles. The van der Waals surface area contributed by atoms with Gasteiger partial charge in [-0.05, 0) is 23.6 Å². The second kappa shape index (κ2) is 7.41. The molecule has 19 heavy (non-hydrogen) atoms. The number of nitrogens with one attached hydrogen (secondary N) is 1. The lowest BCUT2D eigenvalue weighted by atomic mass is 10.1. The average molecular weight is 265 g/mol. The third kappa shape index (κ3) is 5.90. The number of hydrogen-bond donors (Lipinski definition) is 2. The van der Waals surface area contributed by atoms with E-state index in [9.17, 15) is 9.59 Å². The highest BCUT2D eigenvalue weighted by Crippen LogP contribution is 2.15. The zero-order valence-corrected chi connectivity index (χ0v) is 11.2. The largest absolute Gasteiger partial charge is 0.481 e. The summed E-state index contributed by atoms with van der Waals surface area (Å²) in [5, 5.41) is 10.8. The molecule has 2 rings (SSSR count). The Bertz CT molecular complexity index is 445. The van der Waals surface area contributed by atoms with Crippen LogP contribution in [0, 0.1) is 5.92 Å². The van der Waals surface area contributed by atoms with E-state index in [0.29, 0.717) is 18.9 Å². The fourth-order valence-corrected chi connectivity index (χ4v) is 1.48. The van der Waals surface area contributed by atoms with Crippen molar-refractivity contribution in [2.45, 2.75) is 33.3 Å². The first-order chi connectivity index (χ1) is 9.01. The molecule has 2 N–H and O–H groups in total. The Morgan fingerprint density at radius 3 is 2.84 bits per heavy atom. The molecule has 0 aliphatic carbocycles. The van der Waals surface area contributed by atoms with Crippen molar-refractivity contribution < 1.29 is 19.4 Å². The molecule has 104 valence electrons. The molecule has 0 saturated carbocycles. The summed E-state index contributed by atoms with van der Waals surface area (Å²) in [6.45, 7) is 4.29. The lowest BCUT2D eigenvalue weighted by molar-refractivity contribution is -0.137. The number of cyclic esters (lactones) is 1.